The Bertz CT molecular complexity index is 4190. The Labute approximate surface area is 641 Å². The Morgan fingerprint density at radius 3 is 0.630 bits per heavy atom. The van der Waals surface area contributed by atoms with E-state index in [-0.39, 0.29) is 100 Å². The average molecular weight is 1600 g/mol. The number of carboxylic acid groups (broad SMARTS) is 6. The first-order valence-corrected chi connectivity index (χ1v) is 39.7. The number of hydrazone groups is 3. The number of hydrogen-bond donors (Lipinski definition) is 6. The molecule has 0 unspecified atom stereocenters. The fraction of sp³-hybridized carbons (Fsp3) is 0.137. The Balaban J connectivity index is 0.0000147. The van der Waals surface area contributed by atoms with Crippen molar-refractivity contribution in [3.05, 3.63) is 268 Å². The number of rotatable bonds is 39. The number of nitrogens with zero attached hydrogens (tertiary/aromatic N) is 7. The van der Waals surface area contributed by atoms with E-state index in [2.05, 4.69) is 22.4 Å². The van der Waals surface area contributed by atoms with Crippen molar-refractivity contribution in [3.63, 3.8) is 0 Å². The fourth-order valence-corrected chi connectivity index (χ4v) is 14.9. The number of carboxylic acids is 6. The van der Waals surface area contributed by atoms with Crippen LogP contribution in [0.1, 0.15) is 78.8 Å². The molecule has 0 bridgehead atoms. The van der Waals surface area contributed by atoms with Crippen molar-refractivity contribution in [1.29, 1.82) is 0 Å². The SMILES string of the molecule is CN(/N=C/c1ccc(OCC[N+](C)(CCOc2ccc(/C=N/N(C)P(=S)(Oc3ccc(C(=O)O)cc3)Oc3ccc(C(=O)O)cc3)cc2)CCOc2ccc(/C=N/N(C)P(=S)(Oc3ccc(C(=O)O)cc3)Oc3ccc(C(=O)O)cc3)cc2)cc1)P(=S)(Oc1ccc(C(=O)O)cc1)Oc1ccc(C(=O)O)cc1.[Cl-]. The van der Waals surface area contributed by atoms with Gasteiger partial charge in [0, 0.05) is 56.6 Å². The zero-order valence-electron chi connectivity index (χ0n) is 57.6. The van der Waals surface area contributed by atoms with Crippen molar-refractivity contribution in [2.45, 2.75) is 0 Å². The molecule has 9 aromatic rings. The van der Waals surface area contributed by atoms with E-state index in [9.17, 15) is 59.4 Å². The number of carbonyl (C=O) groups is 6. The molecule has 0 heterocycles. The number of aromatic carboxylic acids is 6. The molecule has 0 atom stereocenters. The highest BCUT2D eigenvalue weighted by atomic mass is 35.5. The molecule has 0 aromatic heterocycles. The minimum Gasteiger partial charge on any atom is -1.00 e. The Hall–Kier alpha value is -11.4. The largest absolute Gasteiger partial charge is 1.00 e. The molecule has 0 aliphatic carbocycles. The van der Waals surface area contributed by atoms with Crippen molar-refractivity contribution >= 4 is 110 Å². The van der Waals surface area contributed by atoms with E-state index in [1.807, 2.05) is 0 Å². The smallest absolute Gasteiger partial charge is 0.410 e. The summed E-state index contributed by atoms with van der Waals surface area (Å²) in [5.41, 5.74) is 2.14. The van der Waals surface area contributed by atoms with Crippen LogP contribution in [0.2, 0.25) is 0 Å². The fourth-order valence-electron chi connectivity index (χ4n) is 9.24. The van der Waals surface area contributed by atoms with Gasteiger partial charge in [-0.15, -0.1) is 0 Å². The van der Waals surface area contributed by atoms with Gasteiger partial charge in [0.1, 0.15) is 91.2 Å². The van der Waals surface area contributed by atoms with Crippen LogP contribution in [-0.2, 0) is 35.4 Å². The Kier molecular flexibility index (Phi) is 28.7. The van der Waals surface area contributed by atoms with Gasteiger partial charge in [-0.3, -0.25) is 0 Å². The van der Waals surface area contributed by atoms with Gasteiger partial charge >= 0.3 is 55.7 Å². The van der Waals surface area contributed by atoms with Crippen molar-refractivity contribution in [2.75, 3.05) is 67.6 Å². The van der Waals surface area contributed by atoms with E-state index in [0.717, 1.165) is 0 Å². The van der Waals surface area contributed by atoms with Crippen LogP contribution in [-0.4, -0.2) is 172 Å². The van der Waals surface area contributed by atoms with Crippen LogP contribution in [0.4, 0.5) is 0 Å². The molecule has 0 fully saturated rings. The number of ether oxygens (including phenoxy) is 3. The zero-order chi connectivity index (χ0) is 76.9. The van der Waals surface area contributed by atoms with Crippen molar-refractivity contribution in [3.8, 4) is 51.7 Å². The number of benzene rings is 9. The number of halogens is 1. The second-order valence-corrected chi connectivity index (χ2v) is 33.0. The highest BCUT2D eigenvalue weighted by Gasteiger charge is 2.33. The summed E-state index contributed by atoms with van der Waals surface area (Å²) in [6.45, 7) is -8.42. The summed E-state index contributed by atoms with van der Waals surface area (Å²) in [4.78, 5) is 69.3. The van der Waals surface area contributed by atoms with Gasteiger partial charge in [0.15, 0.2) is 0 Å². The van der Waals surface area contributed by atoms with E-state index in [1.54, 1.807) is 113 Å². The third kappa shape index (κ3) is 23.8. The highest BCUT2D eigenvalue weighted by molar-refractivity contribution is 8.09. The van der Waals surface area contributed by atoms with E-state index >= 15 is 0 Å². The van der Waals surface area contributed by atoms with Crippen LogP contribution in [0, 0.1) is 0 Å². The molecule has 0 amide bonds. The summed E-state index contributed by atoms with van der Waals surface area (Å²) in [7, 11) is 6.73. The second-order valence-electron chi connectivity index (χ2n) is 23.2. The van der Waals surface area contributed by atoms with Gasteiger partial charge in [0.2, 0.25) is 0 Å². The van der Waals surface area contributed by atoms with Crippen LogP contribution in [0.25, 0.3) is 0 Å². The van der Waals surface area contributed by atoms with Gasteiger partial charge in [0.25, 0.3) is 0 Å². The predicted molar refractivity (Wildman–Crippen MR) is 410 cm³/mol. The number of quaternary nitrogens is 1. The molecule has 9 aromatic carbocycles. The van der Waals surface area contributed by atoms with E-state index in [1.165, 1.54) is 160 Å². The maximum Gasteiger partial charge on any atom is 0.410 e. The Morgan fingerprint density at radius 1 is 0.315 bits per heavy atom. The van der Waals surface area contributed by atoms with Gasteiger partial charge in [-0.1, -0.05) is 0 Å². The van der Waals surface area contributed by atoms with Gasteiger partial charge in [-0.25, -0.2) is 43.1 Å². The lowest BCUT2D eigenvalue weighted by atomic mass is 10.2. The molecule has 9 rings (SSSR count). The monoisotopic (exact) mass is 1600 g/mol. The maximum atomic E-state index is 11.6. The lowest BCUT2D eigenvalue weighted by molar-refractivity contribution is -0.909. The van der Waals surface area contributed by atoms with E-state index in [0.29, 0.717) is 58.1 Å². The molecular weight excluding hydrogens is 1540 g/mol. The van der Waals surface area contributed by atoms with Gasteiger partial charge in [-0.05, 0) is 235 Å². The summed E-state index contributed by atoms with van der Waals surface area (Å²) in [5.74, 6) is -3.81. The average Bonchev–Trinajstić information content (AvgIpc) is 0.821. The highest BCUT2D eigenvalue weighted by Crippen LogP contribution is 2.54. The van der Waals surface area contributed by atoms with E-state index in [4.69, 9.17) is 76.8 Å². The molecule has 0 saturated carbocycles. The van der Waals surface area contributed by atoms with Crippen molar-refractivity contribution in [2.24, 2.45) is 15.3 Å². The Morgan fingerprint density at radius 2 is 0.472 bits per heavy atom. The quantitative estimate of drug-likeness (QED) is 0.00902. The molecule has 6 N–H and O–H groups in total. The van der Waals surface area contributed by atoms with Crippen LogP contribution in [0.15, 0.2) is 234 Å². The van der Waals surface area contributed by atoms with Crippen molar-refractivity contribution in [1.82, 2.24) is 14.3 Å². The topological polar surface area (TPSA) is 354 Å². The molecule has 0 radical (unpaired) electrons. The van der Waals surface area contributed by atoms with Crippen LogP contribution < -0.4 is 53.8 Å². The van der Waals surface area contributed by atoms with Crippen molar-refractivity contribution < 1.29 is 118 Å². The molecule has 0 saturated heterocycles. The first-order valence-electron chi connectivity index (χ1n) is 31.9. The van der Waals surface area contributed by atoms with E-state index < -0.39 is 55.7 Å². The summed E-state index contributed by atoms with van der Waals surface area (Å²) in [5, 5.41) is 70.3. The molecule has 108 heavy (non-hydrogen) atoms. The predicted octanol–water partition coefficient (Wildman–Crippen LogP) is 10.8. The molecule has 0 aliphatic rings. The molecule has 0 aliphatic heterocycles. The third-order valence-corrected chi connectivity index (χ3v) is 24.0. The lowest BCUT2D eigenvalue weighted by Gasteiger charge is -2.34. The first kappa shape index (κ1) is 82.3. The molecule has 28 nitrogen and oxygen atoms in total. The first-order chi connectivity index (χ1) is 51.0. The maximum absolute atomic E-state index is 11.6. The summed E-state index contributed by atoms with van der Waals surface area (Å²) in [6.07, 6.45) is 4.63. The minimum absolute atomic E-state index is 0. The summed E-state index contributed by atoms with van der Waals surface area (Å²) in [6, 6.07) is 55.0. The molecule has 562 valence electrons. The second kappa shape index (κ2) is 37.7. The van der Waals surface area contributed by atoms with Gasteiger partial charge < -0.3 is 88.9 Å². The third-order valence-electron chi connectivity index (χ3n) is 15.5. The molecular formula is C73H69ClN7O21P3S3. The normalized spacial score (nSPS) is 11.6. The van der Waals surface area contributed by atoms with Gasteiger partial charge in [-0.2, -0.15) is 15.3 Å². The summed E-state index contributed by atoms with van der Waals surface area (Å²) >= 11 is 17.9. The van der Waals surface area contributed by atoms with Crippen LogP contribution in [0.5, 0.6) is 51.7 Å². The standard InChI is InChI=1S/C73H68N7O21P3S3.ClH/c1-77(102(105,96-62-29-11-53(12-30-62)68(81)82)97-63-31-13-54(14-32-63)69(83)84)74-47-50-5-23-59(24-6-50)93-44-41-80(4,42-45-94-60-25-7-51(8-26-60)48-75-78(2)103(106,98-64-33-15-55(16-34-64)70(85)86)99-65-35-17-56(18-36-65)71(87)88)43-46-95-61-27-9-52(10-28-61)49-76-79(3)104(107,100-66-37-19-57(20-38-66)72(89)90)101-67-39-21-58(22-40-67)73(91)92;/h5-40,47-49H,41-46H2,1-4H3,(H5-,81,82,83,84,85,86,87,88,89,90,91,92);1H/b74-47+,75-48+,76-49+;. The minimum atomic E-state index is -3.58. The molecule has 35 heteroatoms. The van der Waals surface area contributed by atoms with Crippen LogP contribution >= 0.6 is 19.9 Å². The number of likely N-dealkylation sites (N-methyl/N-ethyl adjacent to an activating group) is 1. The summed E-state index contributed by atoms with van der Waals surface area (Å²) < 4.78 is 60.6. The lowest BCUT2D eigenvalue weighted by Crippen LogP contribution is -3.00. The number of hydrogen-bond acceptors (Lipinski definition) is 21. The zero-order valence-corrected chi connectivity index (χ0v) is 63.5. The van der Waals surface area contributed by atoms with Gasteiger partial charge in [0.05, 0.1) is 59.1 Å². The molecule has 0 spiro atoms. The van der Waals surface area contributed by atoms with Crippen LogP contribution in [0.3, 0.4) is 0 Å².